The highest BCUT2D eigenvalue weighted by Crippen LogP contribution is 2.28. The second-order valence-corrected chi connectivity index (χ2v) is 10.9. The van der Waals surface area contributed by atoms with E-state index in [1.54, 1.807) is 0 Å². The minimum Gasteiger partial charge on any atom is -0.444 e. The van der Waals surface area contributed by atoms with Gasteiger partial charge >= 0.3 is 6.09 Å². The lowest BCUT2D eigenvalue weighted by Crippen LogP contribution is -2.46. The lowest BCUT2D eigenvalue weighted by atomic mass is 9.87. The van der Waals surface area contributed by atoms with E-state index >= 15 is 0 Å². The monoisotopic (exact) mass is 454 g/mol. The molecule has 1 heterocycles. The molecule has 0 bridgehead atoms. The number of nitrogens with zero attached hydrogens (tertiary/aromatic N) is 2. The average Bonchev–Trinajstić information content (AvgIpc) is 2.78. The van der Waals surface area contributed by atoms with Crippen LogP contribution in [0.25, 0.3) is 6.08 Å². The SMILES string of the molecule is C/C(=C\c1ccccc1)CN(CC1CCN(C(=O)OC(C)(C)C)CC1)C(=O)C1CCCCC1. The molecule has 0 atom stereocenters. The standard InChI is InChI=1S/C28H42N2O3/c1-22(19-23-11-7-5-8-12-23)20-30(26(31)25-13-9-6-10-14-25)21-24-15-17-29(18-16-24)27(32)33-28(2,3)4/h5,7-8,11-12,19,24-25H,6,9-10,13-18,20-21H2,1-4H3/b22-19+. The molecule has 33 heavy (non-hydrogen) atoms. The van der Waals surface area contributed by atoms with Crippen molar-refractivity contribution in [3.05, 3.63) is 41.5 Å². The molecule has 2 fully saturated rings. The van der Waals surface area contributed by atoms with Crippen LogP contribution in [-0.4, -0.2) is 53.6 Å². The van der Waals surface area contributed by atoms with Gasteiger partial charge in [-0.3, -0.25) is 4.79 Å². The Bertz CT molecular complexity index is 798. The molecule has 1 aliphatic carbocycles. The fraction of sp³-hybridized carbons (Fsp3) is 0.643. The third kappa shape index (κ3) is 8.21. The summed E-state index contributed by atoms with van der Waals surface area (Å²) in [6.07, 6.45) is 9.41. The Kier molecular flexibility index (Phi) is 8.99. The van der Waals surface area contributed by atoms with Crippen molar-refractivity contribution in [1.29, 1.82) is 0 Å². The molecule has 2 amide bonds. The Morgan fingerprint density at radius 2 is 1.67 bits per heavy atom. The third-order valence-corrected chi connectivity index (χ3v) is 6.66. The maximum Gasteiger partial charge on any atom is 0.410 e. The fourth-order valence-corrected chi connectivity index (χ4v) is 4.96. The van der Waals surface area contributed by atoms with E-state index in [0.717, 1.165) is 45.1 Å². The van der Waals surface area contributed by atoms with Gasteiger partial charge in [0, 0.05) is 32.1 Å². The first kappa shape index (κ1) is 25.3. The molecule has 182 valence electrons. The normalized spacial score (nSPS) is 18.8. The van der Waals surface area contributed by atoms with E-state index in [1.807, 2.05) is 43.9 Å². The summed E-state index contributed by atoms with van der Waals surface area (Å²) in [6.45, 7) is 10.7. The molecular formula is C28H42N2O3. The number of amides is 2. The van der Waals surface area contributed by atoms with Crippen LogP contribution in [0.4, 0.5) is 4.79 Å². The van der Waals surface area contributed by atoms with E-state index in [9.17, 15) is 9.59 Å². The molecule has 1 saturated carbocycles. The zero-order valence-electron chi connectivity index (χ0n) is 21.0. The first-order valence-corrected chi connectivity index (χ1v) is 12.7. The number of likely N-dealkylation sites (tertiary alicyclic amines) is 1. The van der Waals surface area contributed by atoms with E-state index in [1.165, 1.54) is 17.6 Å². The topological polar surface area (TPSA) is 49.9 Å². The second kappa shape index (κ2) is 11.7. The zero-order chi connectivity index (χ0) is 23.8. The first-order valence-electron chi connectivity index (χ1n) is 12.7. The molecule has 0 spiro atoms. The van der Waals surface area contributed by atoms with E-state index < -0.39 is 5.60 Å². The van der Waals surface area contributed by atoms with Crippen molar-refractivity contribution in [1.82, 2.24) is 9.80 Å². The lowest BCUT2D eigenvalue weighted by molar-refractivity contribution is -0.137. The third-order valence-electron chi connectivity index (χ3n) is 6.66. The highest BCUT2D eigenvalue weighted by Gasteiger charge is 2.31. The van der Waals surface area contributed by atoms with Gasteiger partial charge in [0.25, 0.3) is 0 Å². The summed E-state index contributed by atoms with van der Waals surface area (Å²) in [4.78, 5) is 29.8. The van der Waals surface area contributed by atoms with Gasteiger partial charge in [0.05, 0.1) is 0 Å². The molecule has 3 rings (SSSR count). The lowest BCUT2D eigenvalue weighted by Gasteiger charge is -2.37. The van der Waals surface area contributed by atoms with Crippen LogP contribution in [0.15, 0.2) is 35.9 Å². The maximum atomic E-state index is 13.5. The molecule has 1 aromatic rings. The quantitative estimate of drug-likeness (QED) is 0.518. The number of carbonyl (C=O) groups is 2. The molecule has 1 aliphatic heterocycles. The number of hydrogen-bond donors (Lipinski definition) is 0. The van der Waals surface area contributed by atoms with Gasteiger partial charge in [-0.2, -0.15) is 0 Å². The Hall–Kier alpha value is -2.30. The predicted octanol–water partition coefficient (Wildman–Crippen LogP) is 6.15. The number of benzene rings is 1. The summed E-state index contributed by atoms with van der Waals surface area (Å²) in [5, 5.41) is 0. The van der Waals surface area contributed by atoms with E-state index in [4.69, 9.17) is 4.74 Å². The van der Waals surface area contributed by atoms with Gasteiger partial charge in [0.2, 0.25) is 5.91 Å². The van der Waals surface area contributed by atoms with Crippen molar-refractivity contribution in [2.45, 2.75) is 78.2 Å². The molecule has 5 nitrogen and oxygen atoms in total. The molecule has 0 aromatic heterocycles. The van der Waals surface area contributed by atoms with Crippen LogP contribution >= 0.6 is 0 Å². The summed E-state index contributed by atoms with van der Waals surface area (Å²) < 4.78 is 5.54. The number of rotatable bonds is 6. The predicted molar refractivity (Wildman–Crippen MR) is 134 cm³/mol. The Morgan fingerprint density at radius 3 is 2.27 bits per heavy atom. The van der Waals surface area contributed by atoms with Crippen LogP contribution in [0.3, 0.4) is 0 Å². The highest BCUT2D eigenvalue weighted by atomic mass is 16.6. The Labute approximate surface area is 200 Å². The Morgan fingerprint density at radius 1 is 1.03 bits per heavy atom. The molecular weight excluding hydrogens is 412 g/mol. The summed E-state index contributed by atoms with van der Waals surface area (Å²) in [6, 6.07) is 10.3. The molecule has 5 heteroatoms. The fourth-order valence-electron chi connectivity index (χ4n) is 4.96. The van der Waals surface area contributed by atoms with Crippen LogP contribution in [0.1, 0.15) is 78.2 Å². The number of hydrogen-bond acceptors (Lipinski definition) is 3. The summed E-state index contributed by atoms with van der Waals surface area (Å²) >= 11 is 0. The van der Waals surface area contributed by atoms with Gasteiger partial charge in [-0.05, 0) is 64.9 Å². The number of ether oxygens (including phenoxy) is 1. The van der Waals surface area contributed by atoms with Gasteiger partial charge in [0.1, 0.15) is 5.60 Å². The minimum absolute atomic E-state index is 0.171. The largest absolute Gasteiger partial charge is 0.444 e. The van der Waals surface area contributed by atoms with Crippen LogP contribution in [0.5, 0.6) is 0 Å². The summed E-state index contributed by atoms with van der Waals surface area (Å²) in [5.74, 6) is 0.913. The van der Waals surface area contributed by atoms with Gasteiger partial charge in [0.15, 0.2) is 0 Å². The van der Waals surface area contributed by atoms with E-state index in [2.05, 4.69) is 30.0 Å². The maximum absolute atomic E-state index is 13.5. The van der Waals surface area contributed by atoms with Crippen molar-refractivity contribution in [2.24, 2.45) is 11.8 Å². The smallest absolute Gasteiger partial charge is 0.410 e. The number of piperidine rings is 1. The van der Waals surface area contributed by atoms with Crippen molar-refractivity contribution < 1.29 is 14.3 Å². The van der Waals surface area contributed by atoms with Crippen molar-refractivity contribution in [3.63, 3.8) is 0 Å². The second-order valence-electron chi connectivity index (χ2n) is 10.9. The van der Waals surface area contributed by atoms with Crippen LogP contribution in [0, 0.1) is 11.8 Å². The number of carbonyl (C=O) groups excluding carboxylic acids is 2. The minimum atomic E-state index is -0.472. The molecule has 0 unspecified atom stereocenters. The molecule has 0 N–H and O–H groups in total. The Balaban J connectivity index is 1.62. The summed E-state index contributed by atoms with van der Waals surface area (Å²) in [7, 11) is 0. The van der Waals surface area contributed by atoms with Gasteiger partial charge in [-0.1, -0.05) is 61.2 Å². The molecule has 0 radical (unpaired) electrons. The van der Waals surface area contributed by atoms with Crippen molar-refractivity contribution in [2.75, 3.05) is 26.2 Å². The van der Waals surface area contributed by atoms with E-state index in [0.29, 0.717) is 31.5 Å². The van der Waals surface area contributed by atoms with Crippen molar-refractivity contribution in [3.8, 4) is 0 Å². The molecule has 1 aromatic carbocycles. The van der Waals surface area contributed by atoms with Gasteiger partial charge in [-0.25, -0.2) is 4.79 Å². The molecule has 1 saturated heterocycles. The zero-order valence-corrected chi connectivity index (χ0v) is 21.0. The average molecular weight is 455 g/mol. The van der Waals surface area contributed by atoms with Crippen LogP contribution in [-0.2, 0) is 9.53 Å². The van der Waals surface area contributed by atoms with Gasteiger partial charge in [-0.15, -0.1) is 0 Å². The summed E-state index contributed by atoms with van der Waals surface area (Å²) in [5.41, 5.74) is 1.90. The van der Waals surface area contributed by atoms with E-state index in [-0.39, 0.29) is 12.0 Å². The first-order chi connectivity index (χ1) is 15.7. The highest BCUT2D eigenvalue weighted by molar-refractivity contribution is 5.79. The van der Waals surface area contributed by atoms with Crippen LogP contribution < -0.4 is 0 Å². The molecule has 2 aliphatic rings. The van der Waals surface area contributed by atoms with Crippen molar-refractivity contribution >= 4 is 18.1 Å². The van der Waals surface area contributed by atoms with Gasteiger partial charge < -0.3 is 14.5 Å². The van der Waals surface area contributed by atoms with Crippen LogP contribution in [0.2, 0.25) is 0 Å².